The molecule has 0 unspecified atom stereocenters. The Kier molecular flexibility index (Phi) is 4.98. The molecule has 0 aliphatic rings. The molecule has 6 nitrogen and oxygen atoms in total. The minimum Gasteiger partial charge on any atom is -0.457 e. The van der Waals surface area contributed by atoms with Crippen molar-refractivity contribution in [2.45, 2.75) is 6.92 Å². The number of benzene rings is 3. The highest BCUT2D eigenvalue weighted by molar-refractivity contribution is 6.30. The van der Waals surface area contributed by atoms with Gasteiger partial charge in [0.25, 0.3) is 0 Å². The van der Waals surface area contributed by atoms with Gasteiger partial charge in [-0.05, 0) is 67.6 Å². The van der Waals surface area contributed by atoms with Crippen LogP contribution in [0.5, 0.6) is 11.5 Å². The maximum atomic E-state index is 5.92. The molecular formula is C24H18ClN5O. The summed E-state index contributed by atoms with van der Waals surface area (Å²) < 4.78 is 7.65. The van der Waals surface area contributed by atoms with Crippen LogP contribution in [0.15, 0.2) is 85.3 Å². The first-order chi connectivity index (χ1) is 15.2. The van der Waals surface area contributed by atoms with E-state index in [2.05, 4.69) is 39.4 Å². The molecule has 1 N–H and O–H groups in total. The molecule has 5 rings (SSSR count). The van der Waals surface area contributed by atoms with Gasteiger partial charge in [-0.2, -0.15) is 5.10 Å². The number of hydrogen-bond acceptors (Lipinski definition) is 5. The molecule has 0 saturated carbocycles. The van der Waals surface area contributed by atoms with Crippen molar-refractivity contribution in [1.82, 2.24) is 19.7 Å². The molecule has 0 saturated heterocycles. The average molecular weight is 428 g/mol. The SMILES string of the molecule is Cc1ccc(-n2ncc3c(Nc4ccc(Oc5ccc(Cl)cc5)cc4)ncnc32)cc1. The Morgan fingerprint density at radius 2 is 1.52 bits per heavy atom. The van der Waals surface area contributed by atoms with E-state index in [1.165, 1.54) is 11.9 Å². The van der Waals surface area contributed by atoms with Gasteiger partial charge in [-0.15, -0.1) is 0 Å². The van der Waals surface area contributed by atoms with Gasteiger partial charge in [0.15, 0.2) is 5.65 Å². The summed E-state index contributed by atoms with van der Waals surface area (Å²) in [6.07, 6.45) is 3.31. The van der Waals surface area contributed by atoms with E-state index < -0.39 is 0 Å². The highest BCUT2D eigenvalue weighted by Gasteiger charge is 2.11. The zero-order valence-corrected chi connectivity index (χ0v) is 17.4. The number of ether oxygens (including phenoxy) is 1. The van der Waals surface area contributed by atoms with E-state index >= 15 is 0 Å². The van der Waals surface area contributed by atoms with E-state index in [9.17, 15) is 0 Å². The minimum absolute atomic E-state index is 0.675. The van der Waals surface area contributed by atoms with Crippen molar-refractivity contribution < 1.29 is 4.74 Å². The summed E-state index contributed by atoms with van der Waals surface area (Å²) in [5, 5.41) is 9.36. The van der Waals surface area contributed by atoms with Gasteiger partial charge in [0.1, 0.15) is 23.6 Å². The predicted octanol–water partition coefficient (Wildman–Crippen LogP) is 6.31. The smallest absolute Gasteiger partial charge is 0.168 e. The quantitative estimate of drug-likeness (QED) is 0.356. The van der Waals surface area contributed by atoms with E-state index in [-0.39, 0.29) is 0 Å². The second kappa shape index (κ2) is 8.08. The van der Waals surface area contributed by atoms with Gasteiger partial charge in [-0.25, -0.2) is 14.6 Å². The van der Waals surface area contributed by atoms with E-state index in [4.69, 9.17) is 16.3 Å². The topological polar surface area (TPSA) is 64.9 Å². The van der Waals surface area contributed by atoms with Crippen LogP contribution < -0.4 is 10.1 Å². The standard InChI is InChI=1S/C24H18ClN5O/c1-16-2-8-19(9-3-16)30-24-22(14-28-30)23(26-15-27-24)29-18-6-12-21(13-7-18)31-20-10-4-17(25)5-11-20/h2-15H,1H3,(H,26,27,29). The number of rotatable bonds is 5. The van der Waals surface area contributed by atoms with Gasteiger partial charge in [-0.3, -0.25) is 0 Å². The summed E-state index contributed by atoms with van der Waals surface area (Å²) in [6.45, 7) is 2.06. The lowest BCUT2D eigenvalue weighted by molar-refractivity contribution is 0.483. The van der Waals surface area contributed by atoms with Gasteiger partial charge in [0, 0.05) is 10.7 Å². The second-order valence-electron chi connectivity index (χ2n) is 7.06. The highest BCUT2D eigenvalue weighted by atomic mass is 35.5. The Bertz CT molecular complexity index is 1330. The van der Waals surface area contributed by atoms with Crippen LogP contribution in [0.25, 0.3) is 16.7 Å². The molecular weight excluding hydrogens is 410 g/mol. The van der Waals surface area contributed by atoms with Crippen LogP contribution in [-0.2, 0) is 0 Å². The maximum absolute atomic E-state index is 5.92. The number of aromatic nitrogens is 4. The van der Waals surface area contributed by atoms with E-state index in [0.717, 1.165) is 33.9 Å². The van der Waals surface area contributed by atoms with E-state index in [1.54, 1.807) is 18.3 Å². The number of nitrogens with zero attached hydrogens (tertiary/aromatic N) is 4. The van der Waals surface area contributed by atoms with Gasteiger partial charge < -0.3 is 10.1 Å². The average Bonchev–Trinajstić information content (AvgIpc) is 3.22. The van der Waals surface area contributed by atoms with Gasteiger partial charge in [0.05, 0.1) is 17.3 Å². The monoisotopic (exact) mass is 427 g/mol. The summed E-state index contributed by atoms with van der Waals surface area (Å²) >= 11 is 5.92. The molecule has 0 bridgehead atoms. The van der Waals surface area contributed by atoms with Crippen LogP contribution in [0.4, 0.5) is 11.5 Å². The van der Waals surface area contributed by atoms with Crippen LogP contribution in [0.1, 0.15) is 5.56 Å². The zero-order valence-electron chi connectivity index (χ0n) is 16.7. The number of aryl methyl sites for hydroxylation is 1. The van der Waals surface area contributed by atoms with Crippen LogP contribution in [0, 0.1) is 6.92 Å². The van der Waals surface area contributed by atoms with Crippen molar-refractivity contribution in [2.75, 3.05) is 5.32 Å². The van der Waals surface area contributed by atoms with Gasteiger partial charge in [-0.1, -0.05) is 29.3 Å². The first kappa shape index (κ1) is 19.1. The van der Waals surface area contributed by atoms with Crippen molar-refractivity contribution in [3.8, 4) is 17.2 Å². The first-order valence-electron chi connectivity index (χ1n) is 9.72. The fourth-order valence-electron chi connectivity index (χ4n) is 3.20. The molecule has 0 spiro atoms. The molecule has 0 amide bonds. The van der Waals surface area contributed by atoms with Crippen molar-refractivity contribution in [3.05, 3.63) is 95.9 Å². The molecule has 2 aromatic heterocycles. The van der Waals surface area contributed by atoms with Crippen LogP contribution in [0.3, 0.4) is 0 Å². The molecule has 7 heteroatoms. The molecule has 0 aliphatic heterocycles. The molecule has 0 fully saturated rings. The van der Waals surface area contributed by atoms with Crippen LogP contribution in [-0.4, -0.2) is 19.7 Å². The second-order valence-corrected chi connectivity index (χ2v) is 7.49. The summed E-state index contributed by atoms with van der Waals surface area (Å²) in [5.41, 5.74) is 3.77. The van der Waals surface area contributed by atoms with E-state index in [0.29, 0.717) is 10.8 Å². The number of halogens is 1. The molecule has 31 heavy (non-hydrogen) atoms. The van der Waals surface area contributed by atoms with Crippen LogP contribution in [0.2, 0.25) is 5.02 Å². The lowest BCUT2D eigenvalue weighted by atomic mass is 10.2. The van der Waals surface area contributed by atoms with Crippen molar-refractivity contribution in [1.29, 1.82) is 0 Å². The van der Waals surface area contributed by atoms with Crippen molar-refractivity contribution >= 4 is 34.1 Å². The minimum atomic E-state index is 0.675. The maximum Gasteiger partial charge on any atom is 0.168 e. The fourth-order valence-corrected chi connectivity index (χ4v) is 3.33. The number of anilines is 2. The number of fused-ring (bicyclic) bond motifs is 1. The summed E-state index contributed by atoms with van der Waals surface area (Å²) in [6, 6.07) is 23.1. The third kappa shape index (κ3) is 4.06. The molecule has 0 atom stereocenters. The van der Waals surface area contributed by atoms with Crippen molar-refractivity contribution in [2.24, 2.45) is 0 Å². The molecule has 2 heterocycles. The molecule has 3 aromatic carbocycles. The van der Waals surface area contributed by atoms with Crippen molar-refractivity contribution in [3.63, 3.8) is 0 Å². The predicted molar refractivity (Wildman–Crippen MR) is 123 cm³/mol. The molecule has 0 radical (unpaired) electrons. The Morgan fingerprint density at radius 3 is 2.23 bits per heavy atom. The Balaban J connectivity index is 1.38. The van der Waals surface area contributed by atoms with Gasteiger partial charge >= 0.3 is 0 Å². The lowest BCUT2D eigenvalue weighted by Crippen LogP contribution is -1.99. The third-order valence-electron chi connectivity index (χ3n) is 4.81. The van der Waals surface area contributed by atoms with Gasteiger partial charge in [0.2, 0.25) is 0 Å². The number of hydrogen-bond donors (Lipinski definition) is 1. The molecule has 5 aromatic rings. The fraction of sp³-hybridized carbons (Fsp3) is 0.0417. The Morgan fingerprint density at radius 1 is 0.839 bits per heavy atom. The zero-order chi connectivity index (χ0) is 21.2. The number of nitrogens with one attached hydrogen (secondary N) is 1. The highest BCUT2D eigenvalue weighted by Crippen LogP contribution is 2.27. The first-order valence-corrected chi connectivity index (χ1v) is 10.1. The normalized spacial score (nSPS) is 10.9. The molecule has 0 aliphatic carbocycles. The van der Waals surface area contributed by atoms with E-state index in [1.807, 2.05) is 53.2 Å². The summed E-state index contributed by atoms with van der Waals surface area (Å²) in [7, 11) is 0. The Hall–Kier alpha value is -3.90. The summed E-state index contributed by atoms with van der Waals surface area (Å²) in [4.78, 5) is 8.83. The third-order valence-corrected chi connectivity index (χ3v) is 5.06. The van der Waals surface area contributed by atoms with Crippen LogP contribution >= 0.6 is 11.6 Å². The largest absolute Gasteiger partial charge is 0.457 e. The lowest BCUT2D eigenvalue weighted by Gasteiger charge is -2.09. The molecule has 152 valence electrons. The Labute approximate surface area is 184 Å². The summed E-state index contributed by atoms with van der Waals surface area (Å²) in [5.74, 6) is 2.15.